The molecular formula is C31H26ClN3O6S2. The second-order valence-electron chi connectivity index (χ2n) is 9.23. The largest absolute Gasteiger partial charge is 0.493 e. The second kappa shape index (κ2) is 12.8. The molecule has 0 fully saturated rings. The molecule has 0 bridgehead atoms. The third kappa shape index (κ3) is 6.64. The van der Waals surface area contributed by atoms with E-state index in [1.165, 1.54) is 54.8 Å². The fourth-order valence-electron chi connectivity index (χ4n) is 4.26. The molecular weight excluding hydrogens is 610 g/mol. The van der Waals surface area contributed by atoms with Crippen LogP contribution in [-0.2, 0) is 21.2 Å². The number of nitrogens with one attached hydrogen (secondary N) is 1. The number of hydrogen-bond donors (Lipinski definition) is 1. The van der Waals surface area contributed by atoms with Gasteiger partial charge in [-0.3, -0.25) is 15.1 Å². The van der Waals surface area contributed by atoms with Gasteiger partial charge in [0.05, 0.1) is 40.8 Å². The lowest BCUT2D eigenvalue weighted by Gasteiger charge is -2.19. The highest BCUT2D eigenvalue weighted by Gasteiger charge is 2.26. The maximum Gasteiger partial charge on any atom is 0.271 e. The second-order valence-corrected chi connectivity index (χ2v) is 12.6. The van der Waals surface area contributed by atoms with Crippen LogP contribution in [0.15, 0.2) is 99.7 Å². The number of aromatic nitrogens is 1. The maximum atomic E-state index is 13.7. The molecule has 0 aliphatic heterocycles. The van der Waals surface area contributed by atoms with Gasteiger partial charge < -0.3 is 14.2 Å². The van der Waals surface area contributed by atoms with E-state index in [1.807, 2.05) is 12.1 Å². The van der Waals surface area contributed by atoms with E-state index in [2.05, 4.69) is 22.0 Å². The predicted molar refractivity (Wildman–Crippen MR) is 168 cm³/mol. The van der Waals surface area contributed by atoms with Crippen molar-refractivity contribution in [2.75, 3.05) is 19.5 Å². The minimum Gasteiger partial charge on any atom is -0.493 e. The van der Waals surface area contributed by atoms with Crippen LogP contribution >= 0.6 is 22.9 Å². The molecule has 1 aromatic heterocycles. The summed E-state index contributed by atoms with van der Waals surface area (Å²) in [5.41, 5.74) is 1.99. The first-order chi connectivity index (χ1) is 20.7. The van der Waals surface area contributed by atoms with Gasteiger partial charge in [0.15, 0.2) is 16.6 Å². The monoisotopic (exact) mass is 635 g/mol. The third-order valence-corrected chi connectivity index (χ3v) is 9.42. The Morgan fingerprint density at radius 3 is 2.16 bits per heavy atom. The SMILES string of the molecule is C=NCc1ccc(OC(C(=O)Nc2nc3cc(OC)c(OC)cc3s2)c2ccc(S(=O)(=O)c3ccc(Cl)cc3)cc2)cc1. The Labute approximate surface area is 257 Å². The summed E-state index contributed by atoms with van der Waals surface area (Å²) in [7, 11) is -0.727. The van der Waals surface area contributed by atoms with E-state index in [0.29, 0.717) is 45.0 Å². The lowest BCUT2D eigenvalue weighted by Crippen LogP contribution is -2.25. The molecule has 0 radical (unpaired) electrons. The predicted octanol–water partition coefficient (Wildman–Crippen LogP) is 6.76. The molecule has 1 amide bonds. The Bertz CT molecular complexity index is 1830. The first kappa shape index (κ1) is 30.0. The van der Waals surface area contributed by atoms with Crippen LogP contribution in [0.3, 0.4) is 0 Å². The molecule has 12 heteroatoms. The molecule has 5 rings (SSSR count). The van der Waals surface area contributed by atoms with Gasteiger partial charge in [0.2, 0.25) is 15.9 Å². The zero-order valence-electron chi connectivity index (χ0n) is 23.1. The van der Waals surface area contributed by atoms with E-state index in [1.54, 1.807) is 43.5 Å². The van der Waals surface area contributed by atoms with Crippen molar-refractivity contribution in [2.24, 2.45) is 4.99 Å². The highest BCUT2D eigenvalue weighted by atomic mass is 35.5. The van der Waals surface area contributed by atoms with Crippen LogP contribution in [-0.4, -0.2) is 40.2 Å². The summed E-state index contributed by atoms with van der Waals surface area (Å²) < 4.78 is 44.0. The van der Waals surface area contributed by atoms with Crippen LogP contribution in [0.2, 0.25) is 5.02 Å². The van der Waals surface area contributed by atoms with E-state index in [4.69, 9.17) is 25.8 Å². The minimum absolute atomic E-state index is 0.0630. The smallest absolute Gasteiger partial charge is 0.271 e. The van der Waals surface area contributed by atoms with Crippen molar-refractivity contribution in [3.8, 4) is 17.2 Å². The van der Waals surface area contributed by atoms with Crippen molar-refractivity contribution in [1.82, 2.24) is 4.98 Å². The molecule has 1 atom stereocenters. The van der Waals surface area contributed by atoms with E-state index in [9.17, 15) is 13.2 Å². The number of halogens is 1. The number of methoxy groups -OCH3 is 2. The van der Waals surface area contributed by atoms with Gasteiger partial charge in [0, 0.05) is 22.7 Å². The lowest BCUT2D eigenvalue weighted by atomic mass is 10.1. The summed E-state index contributed by atoms with van der Waals surface area (Å²) in [5.74, 6) is 0.998. The third-order valence-electron chi connectivity index (χ3n) is 6.45. The molecule has 0 saturated carbocycles. The zero-order valence-corrected chi connectivity index (χ0v) is 25.5. The van der Waals surface area contributed by atoms with Crippen LogP contribution in [0.25, 0.3) is 10.2 Å². The van der Waals surface area contributed by atoms with Crippen molar-refractivity contribution >= 4 is 60.7 Å². The van der Waals surface area contributed by atoms with Gasteiger partial charge in [0.1, 0.15) is 5.75 Å². The van der Waals surface area contributed by atoms with E-state index in [-0.39, 0.29) is 9.79 Å². The van der Waals surface area contributed by atoms with Crippen LogP contribution in [0, 0.1) is 0 Å². The molecule has 9 nitrogen and oxygen atoms in total. The highest BCUT2D eigenvalue weighted by Crippen LogP contribution is 2.37. The summed E-state index contributed by atoms with van der Waals surface area (Å²) in [6, 6.07) is 22.5. The van der Waals surface area contributed by atoms with Gasteiger partial charge in [-0.15, -0.1) is 0 Å². The van der Waals surface area contributed by atoms with E-state index < -0.39 is 21.8 Å². The number of rotatable bonds is 11. The van der Waals surface area contributed by atoms with Crippen molar-refractivity contribution in [1.29, 1.82) is 0 Å². The van der Waals surface area contributed by atoms with Crippen molar-refractivity contribution in [2.45, 2.75) is 22.4 Å². The molecule has 1 heterocycles. The van der Waals surface area contributed by atoms with Gasteiger partial charge >= 0.3 is 0 Å². The molecule has 1 unspecified atom stereocenters. The van der Waals surface area contributed by atoms with Crippen LogP contribution in [0.5, 0.6) is 17.2 Å². The number of amides is 1. The molecule has 4 aromatic carbocycles. The molecule has 0 aliphatic carbocycles. The first-order valence-electron chi connectivity index (χ1n) is 12.8. The lowest BCUT2D eigenvalue weighted by molar-refractivity contribution is -0.123. The molecule has 5 aromatic rings. The molecule has 0 saturated heterocycles. The number of thiazole rings is 1. The first-order valence-corrected chi connectivity index (χ1v) is 15.5. The maximum absolute atomic E-state index is 13.7. The number of benzene rings is 4. The Morgan fingerprint density at radius 1 is 0.953 bits per heavy atom. The standard InChI is InChI=1S/C31H26ClN3O6S2/c1-33-18-19-4-10-22(11-5-19)41-29(20-6-12-23(13-7-20)43(37,38)24-14-8-21(32)9-15-24)30(36)35-31-34-25-16-26(39-2)27(40-3)17-28(25)42-31/h4-17,29H,1,18H2,2-3H3,(H,34,35,36). The van der Waals surface area contributed by atoms with Crippen LogP contribution in [0.1, 0.15) is 17.2 Å². The summed E-state index contributed by atoms with van der Waals surface area (Å²) in [6.07, 6.45) is -1.13. The Hall–Kier alpha value is -4.45. The number of aliphatic imine (C=N–C) groups is 1. The van der Waals surface area contributed by atoms with Gasteiger partial charge in [-0.2, -0.15) is 0 Å². The van der Waals surface area contributed by atoms with Crippen LogP contribution < -0.4 is 19.5 Å². The fraction of sp³-hybridized carbons (Fsp3) is 0.129. The molecule has 0 aliphatic rings. The number of hydrogen-bond acceptors (Lipinski definition) is 9. The van der Waals surface area contributed by atoms with Crippen molar-refractivity contribution in [3.05, 3.63) is 101 Å². The highest BCUT2D eigenvalue weighted by molar-refractivity contribution is 7.91. The Balaban J connectivity index is 1.45. The summed E-state index contributed by atoms with van der Waals surface area (Å²) in [6.45, 7) is 3.96. The number of carbonyl (C=O) groups is 1. The number of nitrogens with zero attached hydrogens (tertiary/aromatic N) is 2. The number of anilines is 1. The average molecular weight is 636 g/mol. The molecule has 43 heavy (non-hydrogen) atoms. The van der Waals surface area contributed by atoms with Crippen molar-refractivity contribution < 1.29 is 27.4 Å². The minimum atomic E-state index is -3.81. The molecule has 1 N–H and O–H groups in total. The normalized spacial score (nSPS) is 12.0. The van der Waals surface area contributed by atoms with Crippen LogP contribution in [0.4, 0.5) is 5.13 Å². The Morgan fingerprint density at radius 2 is 1.56 bits per heavy atom. The summed E-state index contributed by atoms with van der Waals surface area (Å²) >= 11 is 7.19. The van der Waals surface area contributed by atoms with Gasteiger partial charge in [-0.1, -0.05) is 47.2 Å². The van der Waals surface area contributed by atoms with Gasteiger partial charge in [0.25, 0.3) is 5.91 Å². The summed E-state index contributed by atoms with van der Waals surface area (Å²) in [5, 5.41) is 3.62. The van der Waals surface area contributed by atoms with E-state index >= 15 is 0 Å². The van der Waals surface area contributed by atoms with Crippen molar-refractivity contribution in [3.63, 3.8) is 0 Å². The van der Waals surface area contributed by atoms with Gasteiger partial charge in [-0.05, 0) is 60.8 Å². The number of sulfone groups is 1. The fourth-order valence-corrected chi connectivity index (χ4v) is 6.53. The van der Waals surface area contributed by atoms with E-state index in [0.717, 1.165) is 10.3 Å². The number of carbonyl (C=O) groups excluding carboxylic acids is 1. The molecule has 0 spiro atoms. The molecule has 220 valence electrons. The topological polar surface area (TPSA) is 116 Å². The Kier molecular flexibility index (Phi) is 8.95. The quantitative estimate of drug-likeness (QED) is 0.159. The number of ether oxygens (including phenoxy) is 3. The summed E-state index contributed by atoms with van der Waals surface area (Å²) in [4.78, 5) is 22.2. The number of fused-ring (bicyclic) bond motifs is 1. The van der Waals surface area contributed by atoms with Gasteiger partial charge in [-0.25, -0.2) is 13.4 Å². The zero-order chi connectivity index (χ0) is 30.6. The average Bonchev–Trinajstić information content (AvgIpc) is 3.41.